The second-order valence-electron chi connectivity index (χ2n) is 37.5. The van der Waals surface area contributed by atoms with Crippen LogP contribution in [-0.2, 0) is 113 Å². The van der Waals surface area contributed by atoms with Gasteiger partial charge in [0.15, 0.2) is 15.5 Å². The number of benzene rings is 8. The molecule has 5 amide bonds. The summed E-state index contributed by atoms with van der Waals surface area (Å²) in [7, 11) is -3.26. The van der Waals surface area contributed by atoms with Gasteiger partial charge in [0.05, 0.1) is 116 Å². The summed E-state index contributed by atoms with van der Waals surface area (Å²) in [6.07, 6.45) is 0.452. The van der Waals surface area contributed by atoms with Crippen molar-refractivity contribution in [1.29, 1.82) is 0 Å². The molecule has 8 aromatic carbocycles. The van der Waals surface area contributed by atoms with Crippen molar-refractivity contribution in [3.8, 4) is 29.4 Å². The Bertz CT molecular complexity index is 7170. The third-order valence-corrected chi connectivity index (χ3v) is 29.6. The molecule has 0 atom stereocenters. The molecule has 6 fully saturated rings. The summed E-state index contributed by atoms with van der Waals surface area (Å²) < 4.78 is 101. The van der Waals surface area contributed by atoms with Crippen molar-refractivity contribution in [2.45, 2.75) is 137 Å². The number of aromatic nitrogens is 11. The molecule has 25 rings (SSSR count). The lowest BCUT2D eigenvalue weighted by molar-refractivity contribution is -0.597. The number of sulfone groups is 1. The maximum Gasteiger partial charge on any atom is 0.263 e. The Labute approximate surface area is 813 Å². The van der Waals surface area contributed by atoms with Crippen molar-refractivity contribution in [2.75, 3.05) is 39.0 Å². The van der Waals surface area contributed by atoms with E-state index in [1.807, 2.05) is 191 Å². The van der Waals surface area contributed by atoms with E-state index in [4.69, 9.17) is 30.3 Å². The summed E-state index contributed by atoms with van der Waals surface area (Å²) in [5, 5.41) is 22.4. The fourth-order valence-electron chi connectivity index (χ4n) is 21.4. The number of nitrogens with zero attached hydrogens (tertiary/aromatic N) is 17. The van der Waals surface area contributed by atoms with E-state index in [2.05, 4.69) is 52.4 Å². The summed E-state index contributed by atoms with van der Waals surface area (Å²) in [6, 6.07) is 72.3. The number of amides is 5. The summed E-state index contributed by atoms with van der Waals surface area (Å²) in [5.41, 5.74) is 16.3. The predicted octanol–water partition coefficient (Wildman–Crippen LogP) is 16.3. The normalized spacial score (nSPS) is 19.5. The van der Waals surface area contributed by atoms with E-state index in [9.17, 15) is 45.6 Å². The molecule has 6 aliphatic carbocycles. The molecular formula is C108H104F3N17O12S. The number of halogens is 3. The van der Waals surface area contributed by atoms with Gasteiger partial charge in [0.25, 0.3) is 30.1 Å². The van der Waals surface area contributed by atoms with Crippen LogP contribution in [0.1, 0.15) is 132 Å². The number of carbonyl (C=O) groups is 5. The highest BCUT2D eigenvalue weighted by Gasteiger charge is 3.06. The molecule has 11 heterocycles. The second-order valence-corrected chi connectivity index (χ2v) is 39.5. The predicted molar refractivity (Wildman–Crippen MR) is 513 cm³/mol. The molecule has 5 aliphatic heterocycles. The quantitative estimate of drug-likeness (QED) is 0.0570. The van der Waals surface area contributed by atoms with Gasteiger partial charge in [-0.1, -0.05) is 144 Å². The van der Waals surface area contributed by atoms with E-state index in [0.29, 0.717) is 163 Å². The molecule has 0 bridgehead atoms. The van der Waals surface area contributed by atoms with E-state index in [0.717, 1.165) is 133 Å². The van der Waals surface area contributed by atoms with Crippen LogP contribution in [0.4, 0.5) is 18.9 Å². The van der Waals surface area contributed by atoms with Crippen LogP contribution in [-0.4, -0.2) is 155 Å². The minimum absolute atomic E-state index is 0.00232. The summed E-state index contributed by atoms with van der Waals surface area (Å²) in [4.78, 5) is 81.3. The first-order valence-corrected chi connectivity index (χ1v) is 49.2. The van der Waals surface area contributed by atoms with E-state index >= 15 is 0 Å². The van der Waals surface area contributed by atoms with Crippen LogP contribution in [0.3, 0.4) is 0 Å². The topological polar surface area (TPSA) is 288 Å². The molecule has 720 valence electrons. The van der Waals surface area contributed by atoms with Crippen molar-refractivity contribution in [3.63, 3.8) is 0 Å². The Balaban J connectivity index is 0.000000108. The van der Waals surface area contributed by atoms with Gasteiger partial charge in [-0.15, -0.1) is 25.5 Å². The third kappa shape index (κ3) is 19.3. The highest BCUT2D eigenvalue weighted by molar-refractivity contribution is 7.90. The van der Waals surface area contributed by atoms with Gasteiger partial charge >= 0.3 is 0 Å². The number of pyridine rings is 1. The highest BCUT2D eigenvalue weighted by atomic mass is 32.2. The van der Waals surface area contributed by atoms with Gasteiger partial charge in [-0.3, -0.25) is 52.4 Å². The van der Waals surface area contributed by atoms with Crippen molar-refractivity contribution in [2.24, 2.45) is 46.8 Å². The average Bonchev–Trinajstić information content (AvgIpc) is 0.950. The smallest absolute Gasteiger partial charge is 0.263 e. The van der Waals surface area contributed by atoms with Gasteiger partial charge in [-0.2, -0.15) is 0 Å². The zero-order chi connectivity index (χ0) is 97.5. The number of alkyl halides is 2. The number of fused-ring (bicyclic) bond motifs is 5. The number of aryl methyl sites for hydroxylation is 4. The molecule has 33 heteroatoms. The van der Waals surface area contributed by atoms with E-state index in [-0.39, 0.29) is 58.3 Å². The molecule has 0 unspecified atom stereocenters. The minimum atomic E-state index is -3.26. The number of carbonyl (C=O) groups excluding carboxylic acids is 5. The number of ether oxygens (including phenoxy) is 5. The van der Waals surface area contributed by atoms with Gasteiger partial charge in [-0.05, 0) is 182 Å². The molecule has 0 spiro atoms. The van der Waals surface area contributed by atoms with Crippen LogP contribution in [0.2, 0.25) is 0 Å². The Hall–Kier alpha value is -15.5. The Morgan fingerprint density at radius 2 is 0.745 bits per heavy atom. The van der Waals surface area contributed by atoms with Gasteiger partial charge in [-0.25, -0.2) is 26.4 Å². The van der Waals surface area contributed by atoms with Gasteiger partial charge in [0.2, 0.25) is 35.3 Å². The molecule has 29 nitrogen and oxygen atoms in total. The zero-order valence-electron chi connectivity index (χ0n) is 78.5. The largest absolute Gasteiger partial charge is 0.472 e. The van der Waals surface area contributed by atoms with Crippen molar-refractivity contribution >= 4 is 45.1 Å². The Morgan fingerprint density at radius 3 is 1.15 bits per heavy atom. The molecule has 11 aliphatic rings. The van der Waals surface area contributed by atoms with Crippen molar-refractivity contribution < 1.29 is 69.2 Å². The number of hydrogen-bond acceptors (Lipinski definition) is 18. The van der Waals surface area contributed by atoms with Gasteiger partial charge in [0.1, 0.15) is 38.9 Å². The zero-order valence-corrected chi connectivity index (χ0v) is 79.3. The average molecular weight is 1920 g/mol. The van der Waals surface area contributed by atoms with Crippen LogP contribution in [0.5, 0.6) is 29.4 Å². The summed E-state index contributed by atoms with van der Waals surface area (Å²) >= 11 is 0. The number of rotatable bonds is 22. The molecule has 6 saturated carbocycles. The first-order valence-electron chi connectivity index (χ1n) is 47.3. The third-order valence-electron chi connectivity index (χ3n) is 28.5. The maximum atomic E-state index is 13.9. The number of hydrogen-bond donors (Lipinski definition) is 0. The minimum Gasteiger partial charge on any atom is -0.472 e. The van der Waals surface area contributed by atoms with Gasteiger partial charge in [0, 0.05) is 103 Å². The lowest BCUT2D eigenvalue weighted by atomic mass is 8.96. The monoisotopic (exact) mass is 1920 g/mol. The van der Waals surface area contributed by atoms with Crippen molar-refractivity contribution in [1.82, 2.24) is 78.4 Å². The van der Waals surface area contributed by atoms with Crippen molar-refractivity contribution in [3.05, 3.63) is 373 Å². The molecular weight excluding hydrogens is 1820 g/mol. The second kappa shape index (κ2) is 39.4. The molecule has 0 saturated heterocycles. The fraction of sp³-hybridized carbons (Fsp3) is 0.315. The molecule has 14 aromatic rings. The standard InChI is InChI=1S/C22H21F2N3O2.C22H23N3O4S.C22H21N3O2.C21H17FN4O2.C21H22N4O2/c1-15-5-7-17(8-6-15)22(28)26-9-10-27-19(13-26)12-20(25-27)29-14-16-3-2-4-18(11-16)21(23)24;1-16-6-8-18(9-7-16)22(26)24-10-11-25-19(14-24)13-21(23-25)29-15-17-4-3-5-20(12-17)30(2,27)28;26-21(22-18-15-14-16(18)20(22)17(14)19(15)22)24-6-7-25-12(9-24)8-13(23-25)27-10-11-4-2-1-3-5-11;1-23-16-6-4-5-15(11-16)14-28-20-12-17-13-25(9-10-26(17)24-20)21(27)18-7-2-3-8-19(18)22;1-15-3-5-18(6-4-15)21(26)24-9-10-25-19(13-24)12-20(23-25)27-14-17-7-8-22-16(2)11-17/h2-8,11-12,21H,9-10,13-14H2,1H3;3-9,12-13H,10-11,14-15H2,1-2H3;1-5,8,14-20H,6-7,9-10H2;2-8,11-12H,9-10,13-14H2;3-8,11-12H,9-10,13-14H2,1-2H3. The van der Waals surface area contributed by atoms with Crippen LogP contribution >= 0.6 is 0 Å². The Morgan fingerprint density at radius 1 is 0.390 bits per heavy atom. The summed E-state index contributed by atoms with van der Waals surface area (Å²) in [6.45, 7) is 25.3. The fourth-order valence-corrected chi connectivity index (χ4v) is 22.1. The lowest BCUT2D eigenvalue weighted by Gasteiger charge is -3.06. The molecule has 141 heavy (non-hydrogen) atoms. The van der Waals surface area contributed by atoms with E-state index in [1.165, 1.54) is 30.5 Å². The first kappa shape index (κ1) is 93.2. The molecule has 0 N–H and O–H groups in total. The first-order chi connectivity index (χ1) is 68.3. The molecule has 6 aromatic heterocycles. The summed E-state index contributed by atoms with van der Waals surface area (Å²) in [5.74, 6) is 8.56. The highest BCUT2D eigenvalue weighted by Crippen LogP contribution is 3.06. The lowest BCUT2D eigenvalue weighted by Crippen LogP contribution is -3.07. The SMILES string of the molecule is Cc1ccc(C(=O)N2CCn3nc(OCc4cccc(C(F)F)c4)cc3C2)cc1.Cc1ccc(C(=O)N2CCn3nc(OCc4cccc(S(C)(=O)=O)c4)cc3C2)cc1.Cc1ccc(C(=O)N2CCn3nc(OCc4ccnc(C)c4)cc3C2)cc1.O=C(N1CCn2nc(OCc3ccccc3)cc2C1)C12C3C4C5C3C1C5C42.[C-]#[N+]c1cccc(COc2cc3n(n2)CCN(C(=O)c2ccccc2F)C3)c1. The van der Waals surface area contributed by atoms with Crippen LogP contribution < -0.4 is 23.7 Å². The maximum absolute atomic E-state index is 13.9. The van der Waals surface area contributed by atoms with Crippen LogP contribution in [0.15, 0.2) is 254 Å². The van der Waals surface area contributed by atoms with E-state index in [1.54, 1.807) is 92.3 Å². The van der Waals surface area contributed by atoms with Gasteiger partial charge < -0.3 is 48.2 Å². The van der Waals surface area contributed by atoms with E-state index < -0.39 is 22.1 Å². The Kier molecular flexibility index (Phi) is 26.1. The van der Waals surface area contributed by atoms with Crippen LogP contribution in [0, 0.1) is 86.9 Å². The molecule has 0 radical (unpaired) electrons. The van der Waals surface area contributed by atoms with Crippen LogP contribution in [0.25, 0.3) is 4.85 Å².